The first-order valence-corrected chi connectivity index (χ1v) is 11.4. The van der Waals surface area contributed by atoms with Crippen LogP contribution in [0.4, 0.5) is 18.9 Å². The van der Waals surface area contributed by atoms with E-state index in [9.17, 15) is 22.8 Å². The average Bonchev–Trinajstić information content (AvgIpc) is 2.87. The van der Waals surface area contributed by atoms with Crippen LogP contribution in [0.5, 0.6) is 17.2 Å². The number of carbonyl (C=O) groups excluding carboxylic acids is 2. The van der Waals surface area contributed by atoms with Crippen molar-refractivity contribution < 1.29 is 37.0 Å². The summed E-state index contributed by atoms with van der Waals surface area (Å²) in [5.74, 6) is -0.284. The maximum absolute atomic E-state index is 13.4. The number of ether oxygens (including phenoxy) is 3. The fourth-order valence-electron chi connectivity index (χ4n) is 4.73. The Kier molecular flexibility index (Phi) is 5.97. The minimum atomic E-state index is -4.86. The van der Waals surface area contributed by atoms with Crippen LogP contribution >= 0.6 is 0 Å². The maximum Gasteiger partial charge on any atom is 0.573 e. The number of fused-ring (bicyclic) bond motifs is 2. The topological polar surface area (TPSA) is 102 Å². The van der Waals surface area contributed by atoms with E-state index in [1.54, 1.807) is 17.0 Å². The highest BCUT2D eigenvalue weighted by Crippen LogP contribution is 2.36. The van der Waals surface area contributed by atoms with Crippen molar-refractivity contribution >= 4 is 28.4 Å². The lowest BCUT2D eigenvalue weighted by atomic mass is 9.92. The van der Waals surface area contributed by atoms with Crippen molar-refractivity contribution in [1.29, 1.82) is 0 Å². The lowest BCUT2D eigenvalue weighted by molar-refractivity contribution is -0.274. The molecule has 2 N–H and O–H groups in total. The SMILES string of the molecule is COc1cc(C(=O)N2CCC3(CC2)NC(=O)c2cc(OC(F)(F)F)ccc2N3)nc2c(OC)cccc12. The molecule has 2 aromatic carbocycles. The molecule has 1 saturated heterocycles. The van der Waals surface area contributed by atoms with Gasteiger partial charge in [-0.2, -0.15) is 0 Å². The first-order valence-electron chi connectivity index (χ1n) is 11.4. The van der Waals surface area contributed by atoms with Crippen LogP contribution in [0.2, 0.25) is 0 Å². The number of amides is 2. The minimum absolute atomic E-state index is 0.0484. The molecule has 5 rings (SSSR count). The van der Waals surface area contributed by atoms with E-state index in [1.165, 1.54) is 20.3 Å². The number of halogens is 3. The van der Waals surface area contributed by atoms with Gasteiger partial charge in [0.15, 0.2) is 0 Å². The van der Waals surface area contributed by atoms with Gasteiger partial charge in [-0.05, 0) is 30.3 Å². The molecule has 0 atom stereocenters. The number of hydrogen-bond donors (Lipinski definition) is 2. The van der Waals surface area contributed by atoms with E-state index in [0.29, 0.717) is 54.0 Å². The number of para-hydroxylation sites is 1. The van der Waals surface area contributed by atoms with Gasteiger partial charge in [-0.25, -0.2) is 4.98 Å². The molecule has 0 bridgehead atoms. The summed E-state index contributed by atoms with van der Waals surface area (Å²) in [7, 11) is 3.04. The van der Waals surface area contributed by atoms with Gasteiger partial charge < -0.3 is 29.7 Å². The molecule has 1 spiro atoms. The van der Waals surface area contributed by atoms with Crippen molar-refractivity contribution in [2.75, 3.05) is 32.6 Å². The molecule has 2 aliphatic rings. The molecule has 194 valence electrons. The summed E-state index contributed by atoms with van der Waals surface area (Å²) in [6.45, 7) is 0.620. The highest BCUT2D eigenvalue weighted by atomic mass is 19.4. The van der Waals surface area contributed by atoms with Gasteiger partial charge in [0.05, 0.1) is 19.8 Å². The Morgan fingerprint density at radius 2 is 1.76 bits per heavy atom. The molecule has 2 amide bonds. The number of rotatable bonds is 4. The van der Waals surface area contributed by atoms with Gasteiger partial charge in [0.25, 0.3) is 11.8 Å². The Bertz CT molecular complexity index is 1390. The van der Waals surface area contributed by atoms with Crippen molar-refractivity contribution in [3.05, 3.63) is 53.7 Å². The lowest BCUT2D eigenvalue weighted by Crippen LogP contribution is -2.62. The standard InChI is InChI=1S/C25H23F3N4O5/c1-35-19-5-3-4-15-20(36-2)13-18(29-21(15)19)23(34)32-10-8-24(9-11-32)30-17-7-6-14(37-25(26,27)28)12-16(17)22(33)31-24/h3-7,12-13,30H,8-11H2,1-2H3,(H,31,33). The summed E-state index contributed by atoms with van der Waals surface area (Å²) < 4.78 is 52.4. The van der Waals surface area contributed by atoms with Crippen molar-refractivity contribution in [3.8, 4) is 17.2 Å². The maximum atomic E-state index is 13.4. The zero-order valence-electron chi connectivity index (χ0n) is 19.9. The summed E-state index contributed by atoms with van der Waals surface area (Å²) in [5, 5.41) is 6.80. The number of aromatic nitrogens is 1. The molecule has 9 nitrogen and oxygen atoms in total. The molecule has 0 aliphatic carbocycles. The third kappa shape index (κ3) is 4.66. The molecule has 1 aromatic heterocycles. The van der Waals surface area contributed by atoms with Gasteiger partial charge in [0, 0.05) is 43.1 Å². The van der Waals surface area contributed by atoms with E-state index >= 15 is 0 Å². The number of nitrogens with one attached hydrogen (secondary N) is 2. The van der Waals surface area contributed by atoms with Crippen LogP contribution in [0.15, 0.2) is 42.5 Å². The number of nitrogens with zero attached hydrogens (tertiary/aromatic N) is 2. The molecule has 37 heavy (non-hydrogen) atoms. The van der Waals surface area contributed by atoms with E-state index in [1.807, 2.05) is 12.1 Å². The van der Waals surface area contributed by atoms with Crippen molar-refractivity contribution in [3.63, 3.8) is 0 Å². The molecule has 2 aliphatic heterocycles. The van der Waals surface area contributed by atoms with Crippen LogP contribution in [0.3, 0.4) is 0 Å². The number of likely N-dealkylation sites (tertiary alicyclic amines) is 1. The molecule has 0 saturated carbocycles. The van der Waals surface area contributed by atoms with Crippen LogP contribution in [-0.2, 0) is 0 Å². The van der Waals surface area contributed by atoms with E-state index in [0.717, 1.165) is 12.1 Å². The monoisotopic (exact) mass is 516 g/mol. The van der Waals surface area contributed by atoms with E-state index in [4.69, 9.17) is 9.47 Å². The number of benzene rings is 2. The van der Waals surface area contributed by atoms with E-state index in [-0.39, 0.29) is 17.2 Å². The number of hydrogen-bond acceptors (Lipinski definition) is 7. The fourth-order valence-corrected chi connectivity index (χ4v) is 4.73. The van der Waals surface area contributed by atoms with Crippen LogP contribution in [-0.4, -0.2) is 61.0 Å². The number of carbonyl (C=O) groups is 2. The first-order chi connectivity index (χ1) is 17.6. The van der Waals surface area contributed by atoms with Crippen molar-refractivity contribution in [2.45, 2.75) is 24.9 Å². The molecule has 12 heteroatoms. The van der Waals surface area contributed by atoms with Gasteiger partial charge in [-0.15, -0.1) is 13.2 Å². The second-order valence-corrected chi connectivity index (χ2v) is 8.77. The first kappa shape index (κ1) is 24.5. The van der Waals surface area contributed by atoms with Gasteiger partial charge >= 0.3 is 6.36 Å². The van der Waals surface area contributed by atoms with E-state index < -0.39 is 23.7 Å². The molecule has 0 unspecified atom stereocenters. The van der Waals surface area contributed by atoms with E-state index in [2.05, 4.69) is 20.4 Å². The van der Waals surface area contributed by atoms with Gasteiger partial charge in [0.2, 0.25) is 0 Å². The quantitative estimate of drug-likeness (QED) is 0.542. The minimum Gasteiger partial charge on any atom is -0.496 e. The average molecular weight is 516 g/mol. The third-order valence-electron chi connectivity index (χ3n) is 6.52. The van der Waals surface area contributed by atoms with Crippen molar-refractivity contribution in [2.24, 2.45) is 0 Å². The van der Waals surface area contributed by atoms with Crippen LogP contribution in [0, 0.1) is 0 Å². The third-order valence-corrected chi connectivity index (χ3v) is 6.52. The predicted octanol–water partition coefficient (Wildman–Crippen LogP) is 3.94. The number of methoxy groups -OCH3 is 2. The molecule has 0 radical (unpaired) electrons. The summed E-state index contributed by atoms with van der Waals surface area (Å²) in [4.78, 5) is 32.3. The van der Waals surface area contributed by atoms with Crippen molar-refractivity contribution in [1.82, 2.24) is 15.2 Å². The van der Waals surface area contributed by atoms with Gasteiger partial charge in [-0.3, -0.25) is 9.59 Å². The molecule has 1 fully saturated rings. The van der Waals surface area contributed by atoms with Crippen LogP contribution in [0.25, 0.3) is 10.9 Å². The molecule has 3 aromatic rings. The fraction of sp³-hybridized carbons (Fsp3) is 0.320. The Hall–Kier alpha value is -4.22. The second kappa shape index (κ2) is 9.02. The Morgan fingerprint density at radius 3 is 2.43 bits per heavy atom. The highest BCUT2D eigenvalue weighted by Gasteiger charge is 2.42. The van der Waals surface area contributed by atoms with Crippen LogP contribution in [0.1, 0.15) is 33.7 Å². The summed E-state index contributed by atoms with van der Waals surface area (Å²) >= 11 is 0. The summed E-state index contributed by atoms with van der Waals surface area (Å²) in [6.07, 6.45) is -4.11. The Balaban J connectivity index is 1.33. The largest absolute Gasteiger partial charge is 0.573 e. The zero-order valence-corrected chi connectivity index (χ0v) is 19.9. The molecular formula is C25H23F3N4O5. The van der Waals surface area contributed by atoms with Gasteiger partial charge in [0.1, 0.15) is 34.1 Å². The van der Waals surface area contributed by atoms with Gasteiger partial charge in [-0.1, -0.05) is 6.07 Å². The molecular weight excluding hydrogens is 493 g/mol. The summed E-state index contributed by atoms with van der Waals surface area (Å²) in [6, 6.07) is 10.6. The number of pyridine rings is 1. The number of piperidine rings is 1. The Labute approximate surface area is 209 Å². The highest BCUT2D eigenvalue weighted by molar-refractivity contribution is 6.03. The Morgan fingerprint density at radius 1 is 1.03 bits per heavy atom. The smallest absolute Gasteiger partial charge is 0.496 e. The predicted molar refractivity (Wildman–Crippen MR) is 127 cm³/mol. The number of alkyl halides is 3. The molecule has 3 heterocycles. The summed E-state index contributed by atoms with van der Waals surface area (Å²) in [5.41, 5.74) is 0.310. The second-order valence-electron chi connectivity index (χ2n) is 8.77. The van der Waals surface area contributed by atoms with Crippen LogP contribution < -0.4 is 24.8 Å². The number of anilines is 1. The normalized spacial score (nSPS) is 16.6. The zero-order chi connectivity index (χ0) is 26.4. The lowest BCUT2D eigenvalue weighted by Gasteiger charge is -2.45.